The van der Waals surface area contributed by atoms with Crippen LogP contribution in [0.1, 0.15) is 55.0 Å². The molecule has 0 aliphatic carbocycles. The van der Waals surface area contributed by atoms with Gasteiger partial charge in [-0.2, -0.15) is 0 Å². The van der Waals surface area contributed by atoms with E-state index >= 15 is 0 Å². The van der Waals surface area contributed by atoms with E-state index in [1.807, 2.05) is 0 Å². The third kappa shape index (κ3) is 11.2. The van der Waals surface area contributed by atoms with Crippen LogP contribution in [0, 0.1) is 35.1 Å². The SMILES string of the molecule is C[C@@H](Cc1cc(F)cc(F)c1)[C@H](O)c1cc(Cl)ccn1.C[C@@H](Cc1cc(F)cc(F)c1)[C@H](O)c1cc(OCCCO)ccn1. The first kappa shape index (κ1) is 34.9. The maximum atomic E-state index is 13.3. The summed E-state index contributed by atoms with van der Waals surface area (Å²) >= 11 is 5.85. The van der Waals surface area contributed by atoms with Gasteiger partial charge in [-0.15, -0.1) is 0 Å². The number of aromatic nitrogens is 2. The maximum absolute atomic E-state index is 13.3. The monoisotopic (exact) mass is 634 g/mol. The molecule has 0 saturated heterocycles. The number of aliphatic hydroxyl groups excluding tert-OH is 3. The molecular weight excluding hydrogens is 600 g/mol. The van der Waals surface area contributed by atoms with Gasteiger partial charge >= 0.3 is 0 Å². The molecule has 4 atom stereocenters. The number of benzene rings is 2. The molecule has 0 radical (unpaired) electrons. The lowest BCUT2D eigenvalue weighted by Crippen LogP contribution is -2.14. The fourth-order valence-electron chi connectivity index (χ4n) is 4.52. The van der Waals surface area contributed by atoms with E-state index in [4.69, 9.17) is 21.4 Å². The second kappa shape index (κ2) is 17.1. The van der Waals surface area contributed by atoms with Gasteiger partial charge < -0.3 is 20.1 Å². The maximum Gasteiger partial charge on any atom is 0.126 e. The molecule has 0 saturated carbocycles. The highest BCUT2D eigenvalue weighted by molar-refractivity contribution is 6.30. The van der Waals surface area contributed by atoms with E-state index in [-0.39, 0.29) is 18.4 Å². The molecule has 2 aromatic heterocycles. The minimum absolute atomic E-state index is 0.0434. The van der Waals surface area contributed by atoms with Crippen LogP contribution in [0.4, 0.5) is 17.6 Å². The summed E-state index contributed by atoms with van der Waals surface area (Å²) in [6.45, 7) is 3.99. The van der Waals surface area contributed by atoms with E-state index in [9.17, 15) is 27.8 Å². The standard InChI is InChI=1S/C18H21F2NO3.C15H14ClF2NO/c1-12(7-13-8-14(19)10-15(20)9-13)18(23)17-11-16(3-4-21-17)24-6-2-5-22;1-9(4-10-5-12(17)8-13(18)6-10)15(20)14-7-11(16)2-3-19-14/h3-4,8-12,18,22-23H,2,5-7H2,1H3;2-3,5-9,15,20H,4H2,1H3/t12-,18-;9-,15-/m00/s1. The lowest BCUT2D eigenvalue weighted by atomic mass is 9.93. The van der Waals surface area contributed by atoms with Crippen molar-refractivity contribution < 1.29 is 37.6 Å². The Kier molecular flexibility index (Phi) is 13.5. The average molecular weight is 635 g/mol. The molecule has 0 unspecified atom stereocenters. The number of halogens is 5. The number of hydrogen-bond acceptors (Lipinski definition) is 6. The Morgan fingerprint density at radius 2 is 1.16 bits per heavy atom. The Balaban J connectivity index is 0.000000244. The fraction of sp³-hybridized carbons (Fsp3) is 0.333. The van der Waals surface area contributed by atoms with Crippen LogP contribution in [0.3, 0.4) is 0 Å². The Bertz CT molecular complexity index is 1460. The van der Waals surface area contributed by atoms with Gasteiger partial charge in [0.25, 0.3) is 0 Å². The summed E-state index contributed by atoms with van der Waals surface area (Å²) in [5, 5.41) is 29.9. The van der Waals surface area contributed by atoms with Crippen molar-refractivity contribution in [3.8, 4) is 5.75 Å². The molecular formula is C33H35ClF4N2O4. The molecule has 2 aromatic carbocycles. The van der Waals surface area contributed by atoms with Crippen LogP contribution in [-0.2, 0) is 12.8 Å². The zero-order chi connectivity index (χ0) is 32.2. The zero-order valence-electron chi connectivity index (χ0n) is 24.3. The number of aliphatic hydroxyl groups is 3. The molecule has 11 heteroatoms. The van der Waals surface area contributed by atoms with Gasteiger partial charge in [0.05, 0.1) is 30.2 Å². The van der Waals surface area contributed by atoms with E-state index < -0.39 is 35.5 Å². The third-order valence-corrected chi connectivity index (χ3v) is 6.95. The minimum atomic E-state index is -0.891. The molecule has 4 aromatic rings. The molecule has 0 spiro atoms. The van der Waals surface area contributed by atoms with Gasteiger partial charge in [-0.3, -0.25) is 9.97 Å². The molecule has 0 bridgehead atoms. The van der Waals surface area contributed by atoms with Crippen LogP contribution < -0.4 is 4.74 Å². The summed E-state index contributed by atoms with van der Waals surface area (Å²) in [6.07, 6.45) is 2.47. The van der Waals surface area contributed by atoms with Crippen molar-refractivity contribution in [1.82, 2.24) is 9.97 Å². The van der Waals surface area contributed by atoms with Crippen molar-refractivity contribution in [3.05, 3.63) is 124 Å². The van der Waals surface area contributed by atoms with E-state index in [1.54, 1.807) is 38.1 Å². The second-order valence-corrected chi connectivity index (χ2v) is 11.0. The van der Waals surface area contributed by atoms with Gasteiger partial charge in [0.15, 0.2) is 0 Å². The Morgan fingerprint density at radius 3 is 1.61 bits per heavy atom. The van der Waals surface area contributed by atoms with E-state index in [0.717, 1.165) is 12.1 Å². The van der Waals surface area contributed by atoms with Crippen molar-refractivity contribution in [3.63, 3.8) is 0 Å². The van der Waals surface area contributed by atoms with Crippen LogP contribution in [-0.4, -0.2) is 38.5 Å². The summed E-state index contributed by atoms with van der Waals surface area (Å²) in [6, 6.07) is 13.2. The predicted molar refractivity (Wildman–Crippen MR) is 159 cm³/mol. The number of rotatable bonds is 12. The number of pyridine rings is 2. The summed E-state index contributed by atoms with van der Waals surface area (Å²) in [4.78, 5) is 8.19. The van der Waals surface area contributed by atoms with Crippen molar-refractivity contribution in [2.75, 3.05) is 13.2 Å². The molecule has 0 amide bonds. The van der Waals surface area contributed by atoms with Crippen LogP contribution in [0.2, 0.25) is 5.02 Å². The van der Waals surface area contributed by atoms with Gasteiger partial charge in [0.1, 0.15) is 29.0 Å². The lowest BCUT2D eigenvalue weighted by Gasteiger charge is -2.19. The van der Waals surface area contributed by atoms with Crippen molar-refractivity contribution in [2.24, 2.45) is 11.8 Å². The molecule has 4 rings (SSSR count). The van der Waals surface area contributed by atoms with Crippen LogP contribution >= 0.6 is 11.6 Å². The normalized spacial score (nSPS) is 13.8. The Hall–Kier alpha value is -3.57. The van der Waals surface area contributed by atoms with Crippen LogP contribution in [0.5, 0.6) is 5.75 Å². The van der Waals surface area contributed by atoms with Gasteiger partial charge in [-0.1, -0.05) is 25.4 Å². The molecule has 0 fully saturated rings. The third-order valence-electron chi connectivity index (χ3n) is 6.71. The van der Waals surface area contributed by atoms with Gasteiger partial charge in [-0.05, 0) is 78.3 Å². The van der Waals surface area contributed by atoms with Crippen LogP contribution in [0.15, 0.2) is 73.1 Å². The van der Waals surface area contributed by atoms with Gasteiger partial charge in [0.2, 0.25) is 0 Å². The average Bonchev–Trinajstić information content (AvgIpc) is 2.96. The highest BCUT2D eigenvalue weighted by Crippen LogP contribution is 2.27. The molecule has 0 aliphatic heterocycles. The predicted octanol–water partition coefficient (Wildman–Crippen LogP) is 6.96. The number of ether oxygens (including phenoxy) is 1. The summed E-state index contributed by atoms with van der Waals surface area (Å²) < 4.78 is 58.2. The van der Waals surface area contributed by atoms with E-state index in [1.165, 1.54) is 36.7 Å². The first-order valence-electron chi connectivity index (χ1n) is 14.0. The molecule has 44 heavy (non-hydrogen) atoms. The van der Waals surface area contributed by atoms with Crippen molar-refractivity contribution in [2.45, 2.75) is 45.3 Å². The number of nitrogens with zero attached hydrogens (tertiary/aromatic N) is 2. The topological polar surface area (TPSA) is 95.7 Å². The molecule has 6 nitrogen and oxygen atoms in total. The fourth-order valence-corrected chi connectivity index (χ4v) is 4.69. The summed E-state index contributed by atoms with van der Waals surface area (Å²) in [5.41, 5.74) is 1.85. The van der Waals surface area contributed by atoms with Crippen molar-refractivity contribution >= 4 is 11.6 Å². The zero-order valence-corrected chi connectivity index (χ0v) is 25.1. The summed E-state index contributed by atoms with van der Waals surface area (Å²) in [5.74, 6) is -2.50. The molecule has 3 N–H and O–H groups in total. The molecule has 0 aliphatic rings. The lowest BCUT2D eigenvalue weighted by molar-refractivity contribution is 0.113. The quantitative estimate of drug-likeness (QED) is 0.115. The van der Waals surface area contributed by atoms with Gasteiger partial charge in [-0.25, -0.2) is 17.6 Å². The molecule has 236 valence electrons. The highest BCUT2D eigenvalue weighted by Gasteiger charge is 2.20. The summed E-state index contributed by atoms with van der Waals surface area (Å²) in [7, 11) is 0. The number of hydrogen-bond donors (Lipinski definition) is 3. The minimum Gasteiger partial charge on any atom is -0.493 e. The Morgan fingerprint density at radius 1 is 0.705 bits per heavy atom. The van der Waals surface area contributed by atoms with E-state index in [2.05, 4.69) is 9.97 Å². The first-order chi connectivity index (χ1) is 20.9. The van der Waals surface area contributed by atoms with Crippen LogP contribution in [0.25, 0.3) is 0 Å². The molecule has 2 heterocycles. The Labute approximate surface area is 259 Å². The smallest absolute Gasteiger partial charge is 0.126 e. The highest BCUT2D eigenvalue weighted by atomic mass is 35.5. The van der Waals surface area contributed by atoms with Crippen molar-refractivity contribution in [1.29, 1.82) is 0 Å². The largest absolute Gasteiger partial charge is 0.493 e. The first-order valence-corrected chi connectivity index (χ1v) is 14.4. The second-order valence-electron chi connectivity index (χ2n) is 10.5. The van der Waals surface area contributed by atoms with Gasteiger partial charge in [0, 0.05) is 48.6 Å². The van der Waals surface area contributed by atoms with E-state index in [0.29, 0.717) is 59.2 Å².